The quantitative estimate of drug-likeness (QED) is 0.566. The molecule has 4 rings (SSSR count). The predicted molar refractivity (Wildman–Crippen MR) is 100 cm³/mol. The lowest BCUT2D eigenvalue weighted by atomic mass is 9.72. The van der Waals surface area contributed by atoms with Crippen LogP contribution in [0.2, 0.25) is 0 Å². The Hall–Kier alpha value is -1.20. The SMILES string of the molecule is NO.OC(CCN1CCCCC1)(c1ccccc1)C1CC2C=CC1C2. The number of rotatable bonds is 5. The summed E-state index contributed by atoms with van der Waals surface area (Å²) < 4.78 is 0. The second kappa shape index (κ2) is 8.45. The molecule has 3 aliphatic rings. The highest BCUT2D eigenvalue weighted by atomic mass is 16.4. The van der Waals surface area contributed by atoms with E-state index in [-0.39, 0.29) is 0 Å². The molecule has 1 heterocycles. The minimum absolute atomic E-state index is 0.393. The normalized spacial score (nSPS) is 30.6. The van der Waals surface area contributed by atoms with Crippen LogP contribution in [0.5, 0.6) is 0 Å². The van der Waals surface area contributed by atoms with Crippen LogP contribution in [0.15, 0.2) is 42.5 Å². The van der Waals surface area contributed by atoms with Gasteiger partial charge in [-0.2, -0.15) is 0 Å². The lowest BCUT2D eigenvalue weighted by Crippen LogP contribution is -2.42. The molecule has 0 aromatic heterocycles. The van der Waals surface area contributed by atoms with E-state index >= 15 is 0 Å². The fourth-order valence-corrected chi connectivity index (χ4v) is 5.11. The van der Waals surface area contributed by atoms with Crippen molar-refractivity contribution in [3.63, 3.8) is 0 Å². The van der Waals surface area contributed by atoms with Gasteiger partial charge in [0.2, 0.25) is 0 Å². The molecule has 0 radical (unpaired) electrons. The van der Waals surface area contributed by atoms with Crippen molar-refractivity contribution >= 4 is 0 Å². The number of hydrogen-bond donors (Lipinski definition) is 3. The van der Waals surface area contributed by atoms with Crippen LogP contribution < -0.4 is 5.90 Å². The standard InChI is InChI=1S/C21H29NO.H3NO/c23-21(19-7-3-1-4-8-19,11-14-22-12-5-2-6-13-22)20-16-17-9-10-18(20)15-17;1-2/h1,3-4,7-10,17-18,20,23H,2,5-6,11-16H2;2H,1H2. The molecule has 4 heteroatoms. The highest BCUT2D eigenvalue weighted by Gasteiger charge is 2.48. The molecule has 138 valence electrons. The van der Waals surface area contributed by atoms with Crippen molar-refractivity contribution in [3.8, 4) is 0 Å². The van der Waals surface area contributed by atoms with E-state index in [4.69, 9.17) is 5.21 Å². The van der Waals surface area contributed by atoms with Gasteiger partial charge in [0.05, 0.1) is 5.60 Å². The minimum atomic E-state index is -0.664. The molecule has 4 atom stereocenters. The van der Waals surface area contributed by atoms with Crippen molar-refractivity contribution in [1.29, 1.82) is 0 Å². The van der Waals surface area contributed by atoms with E-state index in [1.165, 1.54) is 38.8 Å². The highest BCUT2D eigenvalue weighted by Crippen LogP contribution is 2.52. The van der Waals surface area contributed by atoms with E-state index in [0.29, 0.717) is 17.8 Å². The molecule has 1 aromatic carbocycles. The number of nitrogens with zero attached hydrogens (tertiary/aromatic N) is 1. The summed E-state index contributed by atoms with van der Waals surface area (Å²) >= 11 is 0. The van der Waals surface area contributed by atoms with Crippen LogP contribution >= 0.6 is 0 Å². The molecule has 2 fully saturated rings. The van der Waals surface area contributed by atoms with Crippen LogP contribution in [0.4, 0.5) is 0 Å². The zero-order chi connectivity index (χ0) is 17.7. The third-order valence-corrected chi connectivity index (χ3v) is 6.42. The van der Waals surface area contributed by atoms with Gasteiger partial charge in [0.1, 0.15) is 0 Å². The van der Waals surface area contributed by atoms with Crippen molar-refractivity contribution in [1.82, 2.24) is 4.90 Å². The maximum atomic E-state index is 11.8. The fourth-order valence-electron chi connectivity index (χ4n) is 5.11. The molecular formula is C21H32N2O2. The summed E-state index contributed by atoms with van der Waals surface area (Å²) in [7, 11) is 0. The summed E-state index contributed by atoms with van der Waals surface area (Å²) in [5.41, 5.74) is 0.464. The van der Waals surface area contributed by atoms with Crippen LogP contribution in [0, 0.1) is 17.8 Å². The third kappa shape index (κ3) is 3.98. The van der Waals surface area contributed by atoms with Gasteiger partial charge in [-0.15, -0.1) is 0 Å². The minimum Gasteiger partial charge on any atom is -0.385 e. The molecule has 1 aliphatic heterocycles. The Kier molecular flexibility index (Phi) is 6.29. The lowest BCUT2D eigenvalue weighted by Gasteiger charge is -2.40. The second-order valence-corrected chi connectivity index (χ2v) is 7.83. The number of benzene rings is 1. The summed E-state index contributed by atoms with van der Waals surface area (Å²) in [5, 5.41) is 18.3. The summed E-state index contributed by atoms with van der Waals surface area (Å²) in [6, 6.07) is 10.5. The van der Waals surface area contributed by atoms with Gasteiger partial charge in [-0.05, 0) is 68.5 Å². The summed E-state index contributed by atoms with van der Waals surface area (Å²) in [6.07, 6.45) is 12.0. The van der Waals surface area contributed by atoms with Crippen molar-refractivity contribution in [2.75, 3.05) is 19.6 Å². The van der Waals surface area contributed by atoms with E-state index in [9.17, 15) is 5.11 Å². The van der Waals surface area contributed by atoms with Gasteiger partial charge < -0.3 is 15.2 Å². The lowest BCUT2D eigenvalue weighted by molar-refractivity contribution is -0.0495. The van der Waals surface area contributed by atoms with Crippen LogP contribution in [-0.2, 0) is 5.60 Å². The van der Waals surface area contributed by atoms with Crippen LogP contribution in [0.25, 0.3) is 0 Å². The van der Waals surface area contributed by atoms with Crippen LogP contribution in [0.3, 0.4) is 0 Å². The van der Waals surface area contributed by atoms with Crippen molar-refractivity contribution < 1.29 is 10.3 Å². The number of fused-ring (bicyclic) bond motifs is 2. The van der Waals surface area contributed by atoms with E-state index in [1.54, 1.807) is 0 Å². The Morgan fingerprint density at radius 3 is 2.32 bits per heavy atom. The average Bonchev–Trinajstić information content (AvgIpc) is 3.33. The number of likely N-dealkylation sites (tertiary alicyclic amines) is 1. The van der Waals surface area contributed by atoms with Gasteiger partial charge in [0, 0.05) is 6.54 Å². The number of allylic oxidation sites excluding steroid dienone is 2. The van der Waals surface area contributed by atoms with Crippen molar-refractivity contribution in [2.24, 2.45) is 23.7 Å². The van der Waals surface area contributed by atoms with Crippen LogP contribution in [0.1, 0.15) is 44.1 Å². The van der Waals surface area contributed by atoms with Crippen molar-refractivity contribution in [2.45, 2.75) is 44.1 Å². The zero-order valence-electron chi connectivity index (χ0n) is 15.1. The number of aliphatic hydroxyl groups is 1. The number of nitrogens with two attached hydrogens (primary N) is 1. The van der Waals surface area contributed by atoms with Gasteiger partial charge in [0.25, 0.3) is 0 Å². The maximum absolute atomic E-state index is 11.8. The van der Waals surface area contributed by atoms with E-state index in [2.05, 4.69) is 53.3 Å². The molecule has 4 nitrogen and oxygen atoms in total. The first-order chi connectivity index (χ1) is 12.3. The summed E-state index contributed by atoms with van der Waals surface area (Å²) in [5.74, 6) is 5.17. The monoisotopic (exact) mass is 344 g/mol. The van der Waals surface area contributed by atoms with Gasteiger partial charge in [-0.25, -0.2) is 5.90 Å². The zero-order valence-corrected chi connectivity index (χ0v) is 15.1. The topological polar surface area (TPSA) is 69.7 Å². The Morgan fingerprint density at radius 1 is 1.00 bits per heavy atom. The molecule has 1 saturated carbocycles. The molecule has 0 amide bonds. The Labute approximate surface area is 151 Å². The Bertz CT molecular complexity index is 556. The molecule has 25 heavy (non-hydrogen) atoms. The second-order valence-electron chi connectivity index (χ2n) is 7.83. The molecular weight excluding hydrogens is 312 g/mol. The summed E-state index contributed by atoms with van der Waals surface area (Å²) in [6.45, 7) is 3.45. The van der Waals surface area contributed by atoms with E-state index < -0.39 is 5.60 Å². The molecule has 1 aromatic rings. The highest BCUT2D eigenvalue weighted by molar-refractivity contribution is 5.27. The average molecular weight is 344 g/mol. The van der Waals surface area contributed by atoms with Gasteiger partial charge in [0.15, 0.2) is 0 Å². The molecule has 4 unspecified atom stereocenters. The third-order valence-electron chi connectivity index (χ3n) is 6.42. The van der Waals surface area contributed by atoms with Gasteiger partial charge >= 0.3 is 0 Å². The Morgan fingerprint density at radius 2 is 1.72 bits per heavy atom. The van der Waals surface area contributed by atoms with E-state index in [0.717, 1.165) is 24.9 Å². The largest absolute Gasteiger partial charge is 0.385 e. The van der Waals surface area contributed by atoms with Gasteiger partial charge in [-0.3, -0.25) is 0 Å². The van der Waals surface area contributed by atoms with Gasteiger partial charge in [-0.1, -0.05) is 48.9 Å². The van der Waals surface area contributed by atoms with Crippen LogP contribution in [-0.4, -0.2) is 34.8 Å². The number of piperidine rings is 1. The first-order valence-electron chi connectivity index (χ1n) is 9.70. The first kappa shape index (κ1) is 18.6. The number of hydrogen-bond acceptors (Lipinski definition) is 4. The summed E-state index contributed by atoms with van der Waals surface area (Å²) in [4.78, 5) is 2.56. The first-order valence-corrected chi connectivity index (χ1v) is 9.70. The molecule has 1 saturated heterocycles. The molecule has 4 N–H and O–H groups in total. The smallest absolute Gasteiger partial charge is 0.0942 e. The molecule has 0 spiro atoms. The molecule has 2 aliphatic carbocycles. The molecule has 2 bridgehead atoms. The fraction of sp³-hybridized carbons (Fsp3) is 0.619. The maximum Gasteiger partial charge on any atom is 0.0942 e. The van der Waals surface area contributed by atoms with Crippen molar-refractivity contribution in [3.05, 3.63) is 48.0 Å². The Balaban J connectivity index is 0.000000880. The van der Waals surface area contributed by atoms with E-state index in [1.807, 2.05) is 0 Å². The predicted octanol–water partition coefficient (Wildman–Crippen LogP) is 3.30.